The first-order valence-electron chi connectivity index (χ1n) is 11.1. The summed E-state index contributed by atoms with van der Waals surface area (Å²) in [6.45, 7) is 3.75. The Morgan fingerprint density at radius 3 is 2.21 bits per heavy atom. The number of carboxylic acid groups (broad SMARTS) is 1. The molecule has 180 valence electrons. The van der Waals surface area contributed by atoms with E-state index in [1.54, 1.807) is 13.8 Å². The maximum absolute atomic E-state index is 12.7. The van der Waals surface area contributed by atoms with E-state index in [0.717, 1.165) is 28.3 Å². The molecule has 8 heteroatoms. The molecule has 1 aliphatic rings. The fourth-order valence-electron chi connectivity index (χ4n) is 4.01. The molecule has 8 nitrogen and oxygen atoms in total. The number of benzene rings is 2. The van der Waals surface area contributed by atoms with Crippen LogP contribution in [0.15, 0.2) is 60.7 Å². The summed E-state index contributed by atoms with van der Waals surface area (Å²) >= 11 is 0. The first-order valence-corrected chi connectivity index (χ1v) is 11.1. The molecular formula is C26H30N2O6. The summed E-state index contributed by atoms with van der Waals surface area (Å²) in [5.74, 6) is -1.67. The summed E-state index contributed by atoms with van der Waals surface area (Å²) in [4.78, 5) is 36.0. The molecule has 34 heavy (non-hydrogen) atoms. The number of aliphatic carboxylic acids is 1. The molecule has 0 aromatic heterocycles. The van der Waals surface area contributed by atoms with Crippen LogP contribution in [0.3, 0.4) is 0 Å². The largest absolute Gasteiger partial charge is 0.478 e. The number of hydrogen-bond acceptors (Lipinski definition) is 5. The van der Waals surface area contributed by atoms with Gasteiger partial charge in [0.15, 0.2) is 0 Å². The lowest BCUT2D eigenvalue weighted by Crippen LogP contribution is -2.50. The number of methoxy groups -OCH3 is 1. The summed E-state index contributed by atoms with van der Waals surface area (Å²) in [7, 11) is 1.53. The van der Waals surface area contributed by atoms with Crippen LogP contribution in [-0.2, 0) is 19.1 Å². The smallest absolute Gasteiger partial charge is 0.407 e. The Morgan fingerprint density at radius 1 is 1.06 bits per heavy atom. The van der Waals surface area contributed by atoms with Crippen LogP contribution in [-0.4, -0.2) is 55.0 Å². The molecule has 3 rings (SSSR count). The van der Waals surface area contributed by atoms with Crippen molar-refractivity contribution in [3.8, 4) is 11.1 Å². The van der Waals surface area contributed by atoms with Gasteiger partial charge in [-0.2, -0.15) is 0 Å². The third kappa shape index (κ3) is 6.23. The number of rotatable bonds is 10. The number of amides is 2. The molecule has 3 N–H and O–H groups in total. The Balaban J connectivity index is 1.66. The van der Waals surface area contributed by atoms with Gasteiger partial charge in [0.1, 0.15) is 12.6 Å². The zero-order chi connectivity index (χ0) is 24.7. The molecule has 2 amide bonds. The lowest BCUT2D eigenvalue weighted by Gasteiger charge is -2.28. The van der Waals surface area contributed by atoms with Crippen molar-refractivity contribution in [3.05, 3.63) is 71.8 Å². The van der Waals surface area contributed by atoms with Crippen molar-refractivity contribution in [3.63, 3.8) is 0 Å². The first kappa shape index (κ1) is 25.0. The highest BCUT2D eigenvalue weighted by atomic mass is 16.5. The van der Waals surface area contributed by atoms with Crippen molar-refractivity contribution < 1.29 is 29.0 Å². The average molecular weight is 467 g/mol. The molecular weight excluding hydrogens is 436 g/mol. The van der Waals surface area contributed by atoms with E-state index in [4.69, 9.17) is 14.6 Å². The molecule has 0 heterocycles. The Morgan fingerprint density at radius 2 is 1.65 bits per heavy atom. The summed E-state index contributed by atoms with van der Waals surface area (Å²) in [6, 6.07) is 15.1. The van der Waals surface area contributed by atoms with Gasteiger partial charge in [0.05, 0.1) is 5.60 Å². The SMILES string of the molecule is COC(C)(C)CC(NC(=O)OCC1c2ccccc2-c2ccccc21)C(=O)NC/C=C\C(=O)O. The van der Waals surface area contributed by atoms with E-state index in [-0.39, 0.29) is 25.5 Å². The number of fused-ring (bicyclic) bond motifs is 3. The minimum Gasteiger partial charge on any atom is -0.478 e. The Hall–Kier alpha value is -3.65. The number of nitrogens with one attached hydrogen (secondary N) is 2. The lowest BCUT2D eigenvalue weighted by molar-refractivity contribution is -0.131. The van der Waals surface area contributed by atoms with Gasteiger partial charge in [0, 0.05) is 32.1 Å². The highest BCUT2D eigenvalue weighted by molar-refractivity contribution is 5.86. The molecule has 2 aromatic rings. The van der Waals surface area contributed by atoms with Crippen LogP contribution in [0.5, 0.6) is 0 Å². The maximum Gasteiger partial charge on any atom is 0.407 e. The monoisotopic (exact) mass is 466 g/mol. The second-order valence-electron chi connectivity index (χ2n) is 8.68. The van der Waals surface area contributed by atoms with Gasteiger partial charge in [0.2, 0.25) is 5.91 Å². The van der Waals surface area contributed by atoms with Crippen LogP contribution >= 0.6 is 0 Å². The standard InChI is InChI=1S/C26H30N2O6/c1-26(2,33-3)15-22(24(31)27-14-8-13-23(29)30)28-25(32)34-16-21-19-11-6-4-9-17(19)18-10-5-7-12-20(18)21/h4-13,21-22H,14-16H2,1-3H3,(H,27,31)(H,28,32)(H,29,30)/b13-8-. The van der Waals surface area contributed by atoms with Gasteiger partial charge in [0.25, 0.3) is 0 Å². The van der Waals surface area contributed by atoms with E-state index < -0.39 is 29.6 Å². The first-order chi connectivity index (χ1) is 16.2. The van der Waals surface area contributed by atoms with Crippen LogP contribution in [0.2, 0.25) is 0 Å². The molecule has 0 saturated carbocycles. The molecule has 1 unspecified atom stereocenters. The molecule has 1 atom stereocenters. The summed E-state index contributed by atoms with van der Waals surface area (Å²) in [6.07, 6.45) is 1.73. The minimum atomic E-state index is -1.11. The molecule has 0 saturated heterocycles. The van der Waals surface area contributed by atoms with Crippen molar-refractivity contribution in [2.45, 2.75) is 37.8 Å². The van der Waals surface area contributed by atoms with E-state index in [0.29, 0.717) is 0 Å². The van der Waals surface area contributed by atoms with Gasteiger partial charge in [-0.3, -0.25) is 4.79 Å². The fraction of sp³-hybridized carbons (Fsp3) is 0.346. The number of carboxylic acids is 1. The van der Waals surface area contributed by atoms with Gasteiger partial charge in [-0.1, -0.05) is 54.6 Å². The quantitative estimate of drug-likeness (QED) is 0.462. The Bertz CT molecular complexity index is 1030. The zero-order valence-electron chi connectivity index (χ0n) is 19.5. The van der Waals surface area contributed by atoms with Crippen molar-refractivity contribution >= 4 is 18.0 Å². The van der Waals surface area contributed by atoms with E-state index in [1.165, 1.54) is 13.2 Å². The summed E-state index contributed by atoms with van der Waals surface area (Å²) < 4.78 is 11.0. The minimum absolute atomic E-state index is 0.0153. The normalized spacial score (nSPS) is 13.7. The molecule has 0 spiro atoms. The van der Waals surface area contributed by atoms with E-state index in [9.17, 15) is 14.4 Å². The van der Waals surface area contributed by atoms with Crippen molar-refractivity contribution in [2.24, 2.45) is 0 Å². The number of ether oxygens (including phenoxy) is 2. The van der Waals surface area contributed by atoms with Gasteiger partial charge in [-0.05, 0) is 36.1 Å². The van der Waals surface area contributed by atoms with Crippen LogP contribution in [0.1, 0.15) is 37.3 Å². The molecule has 0 fully saturated rings. The molecule has 2 aromatic carbocycles. The number of carbonyl (C=O) groups excluding carboxylic acids is 2. The van der Waals surface area contributed by atoms with Crippen molar-refractivity contribution in [1.82, 2.24) is 10.6 Å². The third-order valence-electron chi connectivity index (χ3n) is 5.86. The van der Waals surface area contributed by atoms with E-state index in [1.807, 2.05) is 36.4 Å². The number of carbonyl (C=O) groups is 3. The highest BCUT2D eigenvalue weighted by Gasteiger charge is 2.32. The number of alkyl carbamates (subject to hydrolysis) is 1. The number of hydrogen-bond donors (Lipinski definition) is 3. The van der Waals surface area contributed by atoms with Crippen LogP contribution in [0, 0.1) is 0 Å². The summed E-state index contributed by atoms with van der Waals surface area (Å²) in [5.41, 5.74) is 3.75. The van der Waals surface area contributed by atoms with Gasteiger partial charge in [-0.15, -0.1) is 0 Å². The maximum atomic E-state index is 12.7. The van der Waals surface area contributed by atoms with Crippen LogP contribution in [0.25, 0.3) is 11.1 Å². The second kappa shape index (κ2) is 11.0. The van der Waals surface area contributed by atoms with Gasteiger partial charge >= 0.3 is 12.1 Å². The Kier molecular flexibility index (Phi) is 8.07. The lowest BCUT2D eigenvalue weighted by atomic mass is 9.98. The highest BCUT2D eigenvalue weighted by Crippen LogP contribution is 2.44. The predicted octanol–water partition coefficient (Wildman–Crippen LogP) is 3.47. The molecule has 0 aliphatic heterocycles. The fourth-order valence-corrected chi connectivity index (χ4v) is 4.01. The van der Waals surface area contributed by atoms with Gasteiger partial charge < -0.3 is 25.2 Å². The third-order valence-corrected chi connectivity index (χ3v) is 5.86. The summed E-state index contributed by atoms with van der Waals surface area (Å²) in [5, 5.41) is 13.9. The average Bonchev–Trinajstić information content (AvgIpc) is 3.13. The molecule has 0 bridgehead atoms. The van der Waals surface area contributed by atoms with Crippen molar-refractivity contribution in [1.29, 1.82) is 0 Å². The van der Waals surface area contributed by atoms with E-state index >= 15 is 0 Å². The predicted molar refractivity (Wildman–Crippen MR) is 127 cm³/mol. The molecule has 1 aliphatic carbocycles. The zero-order valence-corrected chi connectivity index (χ0v) is 19.5. The molecule has 0 radical (unpaired) electrons. The topological polar surface area (TPSA) is 114 Å². The van der Waals surface area contributed by atoms with Crippen LogP contribution < -0.4 is 10.6 Å². The Labute approximate surface area is 199 Å². The second-order valence-corrected chi connectivity index (χ2v) is 8.68. The van der Waals surface area contributed by atoms with Gasteiger partial charge in [-0.25, -0.2) is 9.59 Å². The van der Waals surface area contributed by atoms with E-state index in [2.05, 4.69) is 22.8 Å². The van der Waals surface area contributed by atoms with Crippen LogP contribution in [0.4, 0.5) is 4.79 Å². The van der Waals surface area contributed by atoms with Crippen molar-refractivity contribution in [2.75, 3.05) is 20.3 Å².